The summed E-state index contributed by atoms with van der Waals surface area (Å²) in [6.45, 7) is 1.99. The number of amides is 1. The van der Waals surface area contributed by atoms with Gasteiger partial charge in [0.1, 0.15) is 16.9 Å². The maximum Gasteiger partial charge on any atom is 0.349 e. The number of benzene rings is 3. The number of ether oxygens (including phenoxy) is 1. The molecule has 5 nitrogen and oxygen atoms in total. The molecule has 0 aliphatic carbocycles. The molecular formula is C23H17NO4. The van der Waals surface area contributed by atoms with Crippen molar-refractivity contribution in [2.24, 2.45) is 0 Å². The maximum absolute atomic E-state index is 12.7. The Morgan fingerprint density at radius 1 is 0.929 bits per heavy atom. The first kappa shape index (κ1) is 17.5. The molecule has 0 radical (unpaired) electrons. The maximum atomic E-state index is 12.7. The fourth-order valence-electron chi connectivity index (χ4n) is 2.80. The van der Waals surface area contributed by atoms with E-state index >= 15 is 0 Å². The molecule has 0 spiro atoms. The third-order valence-corrected chi connectivity index (χ3v) is 4.27. The van der Waals surface area contributed by atoms with Gasteiger partial charge in [0.05, 0.1) is 5.69 Å². The van der Waals surface area contributed by atoms with Gasteiger partial charge >= 0.3 is 5.63 Å². The van der Waals surface area contributed by atoms with Crippen LogP contribution in [0.15, 0.2) is 88.1 Å². The molecule has 3 aromatic carbocycles. The molecule has 1 heterocycles. The van der Waals surface area contributed by atoms with E-state index in [-0.39, 0.29) is 5.56 Å². The van der Waals surface area contributed by atoms with E-state index in [9.17, 15) is 9.59 Å². The second kappa shape index (κ2) is 7.40. The molecule has 0 aliphatic rings. The predicted molar refractivity (Wildman–Crippen MR) is 108 cm³/mol. The molecule has 0 fully saturated rings. The summed E-state index contributed by atoms with van der Waals surface area (Å²) < 4.78 is 11.1. The number of rotatable bonds is 4. The molecule has 4 aromatic rings. The third-order valence-electron chi connectivity index (χ3n) is 4.27. The van der Waals surface area contributed by atoms with Crippen LogP contribution in [-0.2, 0) is 0 Å². The van der Waals surface area contributed by atoms with Crippen molar-refractivity contribution in [2.45, 2.75) is 6.92 Å². The van der Waals surface area contributed by atoms with Crippen LogP contribution in [-0.4, -0.2) is 5.91 Å². The summed E-state index contributed by atoms with van der Waals surface area (Å²) in [7, 11) is 0. The number of anilines is 1. The number of hydrogen-bond acceptors (Lipinski definition) is 4. The van der Waals surface area contributed by atoms with E-state index in [1.165, 1.54) is 6.07 Å². The molecule has 1 aromatic heterocycles. The Hall–Kier alpha value is -3.86. The van der Waals surface area contributed by atoms with Crippen molar-refractivity contribution in [3.63, 3.8) is 0 Å². The molecule has 4 rings (SSSR count). The van der Waals surface area contributed by atoms with Crippen LogP contribution in [0.2, 0.25) is 0 Å². The van der Waals surface area contributed by atoms with Gasteiger partial charge in [-0.1, -0.05) is 48.0 Å². The highest BCUT2D eigenvalue weighted by atomic mass is 16.5. The lowest BCUT2D eigenvalue weighted by Crippen LogP contribution is -2.20. The molecular weight excluding hydrogens is 354 g/mol. The molecule has 0 unspecified atom stereocenters. The van der Waals surface area contributed by atoms with Gasteiger partial charge in [-0.3, -0.25) is 4.79 Å². The van der Waals surface area contributed by atoms with Crippen molar-refractivity contribution in [2.75, 3.05) is 5.32 Å². The minimum Gasteiger partial charge on any atom is -0.455 e. The number of hydrogen-bond donors (Lipinski definition) is 1. The van der Waals surface area contributed by atoms with Gasteiger partial charge < -0.3 is 14.5 Å². The zero-order chi connectivity index (χ0) is 19.5. The van der Waals surface area contributed by atoms with E-state index in [4.69, 9.17) is 9.15 Å². The molecule has 0 aliphatic heterocycles. The number of carbonyl (C=O) groups is 1. The lowest BCUT2D eigenvalue weighted by Gasteiger charge is -2.12. The zero-order valence-corrected chi connectivity index (χ0v) is 15.1. The molecule has 28 heavy (non-hydrogen) atoms. The first-order chi connectivity index (χ1) is 13.6. The summed E-state index contributed by atoms with van der Waals surface area (Å²) in [4.78, 5) is 24.9. The van der Waals surface area contributed by atoms with Crippen molar-refractivity contribution in [1.82, 2.24) is 0 Å². The highest BCUT2D eigenvalue weighted by Crippen LogP contribution is 2.29. The Kier molecular flexibility index (Phi) is 4.64. The highest BCUT2D eigenvalue weighted by molar-refractivity contribution is 6.06. The van der Waals surface area contributed by atoms with Crippen LogP contribution in [0, 0.1) is 6.92 Å². The molecule has 5 heteroatoms. The van der Waals surface area contributed by atoms with Gasteiger partial charge in [0.2, 0.25) is 0 Å². The standard InChI is InChI=1S/C23H17NO4/c1-15-10-12-17(13-11-15)27-21-9-5-3-7-19(21)24-22(25)18-14-16-6-2-4-8-20(16)28-23(18)26/h2-14H,1H3,(H,24,25). The highest BCUT2D eigenvalue weighted by Gasteiger charge is 2.16. The first-order valence-electron chi connectivity index (χ1n) is 8.78. The van der Waals surface area contributed by atoms with Crippen molar-refractivity contribution >= 4 is 22.6 Å². The minimum absolute atomic E-state index is 0.0659. The van der Waals surface area contributed by atoms with Crippen LogP contribution in [0.1, 0.15) is 15.9 Å². The van der Waals surface area contributed by atoms with Gasteiger partial charge in [-0.05, 0) is 43.3 Å². The van der Waals surface area contributed by atoms with Gasteiger partial charge in [-0.15, -0.1) is 0 Å². The molecule has 0 atom stereocenters. The number of carbonyl (C=O) groups excluding carboxylic acids is 1. The average molecular weight is 371 g/mol. The lowest BCUT2D eigenvalue weighted by molar-refractivity contribution is 0.102. The minimum atomic E-state index is -0.687. The Balaban J connectivity index is 1.62. The summed E-state index contributed by atoms with van der Waals surface area (Å²) in [5.41, 5.74) is 1.27. The molecule has 0 saturated carbocycles. The fourth-order valence-corrected chi connectivity index (χ4v) is 2.80. The van der Waals surface area contributed by atoms with Crippen molar-refractivity contribution in [1.29, 1.82) is 0 Å². The molecule has 0 bridgehead atoms. The summed E-state index contributed by atoms with van der Waals surface area (Å²) in [5, 5.41) is 3.42. The largest absolute Gasteiger partial charge is 0.455 e. The Bertz CT molecular complexity index is 1210. The molecule has 0 saturated heterocycles. The van der Waals surface area contributed by atoms with E-state index in [1.54, 1.807) is 36.4 Å². The zero-order valence-electron chi connectivity index (χ0n) is 15.1. The van der Waals surface area contributed by atoms with Crippen molar-refractivity contribution < 1.29 is 13.9 Å². The van der Waals surface area contributed by atoms with E-state index in [0.29, 0.717) is 28.2 Å². The third kappa shape index (κ3) is 3.64. The van der Waals surface area contributed by atoms with E-state index < -0.39 is 11.5 Å². The topological polar surface area (TPSA) is 68.5 Å². The first-order valence-corrected chi connectivity index (χ1v) is 8.78. The van der Waals surface area contributed by atoms with Crippen LogP contribution >= 0.6 is 0 Å². The average Bonchev–Trinajstić information content (AvgIpc) is 2.70. The van der Waals surface area contributed by atoms with Gasteiger partial charge in [-0.25, -0.2) is 4.79 Å². The monoisotopic (exact) mass is 371 g/mol. The second-order valence-corrected chi connectivity index (χ2v) is 6.35. The molecule has 138 valence electrons. The second-order valence-electron chi connectivity index (χ2n) is 6.35. The van der Waals surface area contributed by atoms with E-state index in [1.807, 2.05) is 43.3 Å². The van der Waals surface area contributed by atoms with Crippen LogP contribution in [0.5, 0.6) is 11.5 Å². The van der Waals surface area contributed by atoms with Gasteiger partial charge in [0.25, 0.3) is 5.91 Å². The van der Waals surface area contributed by atoms with Crippen LogP contribution in [0.4, 0.5) is 5.69 Å². The summed E-state index contributed by atoms with van der Waals surface area (Å²) in [5.74, 6) is 0.571. The van der Waals surface area contributed by atoms with Crippen molar-refractivity contribution in [3.05, 3.63) is 100 Å². The van der Waals surface area contributed by atoms with Crippen LogP contribution in [0.3, 0.4) is 0 Å². The van der Waals surface area contributed by atoms with Gasteiger partial charge in [0, 0.05) is 5.39 Å². The Morgan fingerprint density at radius 3 is 2.46 bits per heavy atom. The normalized spacial score (nSPS) is 10.6. The molecule has 1 N–H and O–H groups in total. The van der Waals surface area contributed by atoms with E-state index in [0.717, 1.165) is 5.56 Å². The number of fused-ring (bicyclic) bond motifs is 1. The SMILES string of the molecule is Cc1ccc(Oc2ccccc2NC(=O)c2cc3ccccc3oc2=O)cc1. The number of nitrogens with one attached hydrogen (secondary N) is 1. The smallest absolute Gasteiger partial charge is 0.349 e. The van der Waals surface area contributed by atoms with Crippen LogP contribution in [0.25, 0.3) is 11.0 Å². The number of aryl methyl sites for hydroxylation is 1. The summed E-state index contributed by atoms with van der Waals surface area (Å²) in [6.07, 6.45) is 0. The summed E-state index contributed by atoms with van der Waals surface area (Å²) in [6, 6.07) is 23.2. The predicted octanol–water partition coefficient (Wildman–Crippen LogP) is 5.15. The van der Waals surface area contributed by atoms with Gasteiger partial charge in [0.15, 0.2) is 5.75 Å². The van der Waals surface area contributed by atoms with Crippen molar-refractivity contribution in [3.8, 4) is 11.5 Å². The quantitative estimate of drug-likeness (QED) is 0.504. The Morgan fingerprint density at radius 2 is 1.64 bits per heavy atom. The Labute approximate surface area is 161 Å². The molecule has 1 amide bonds. The van der Waals surface area contributed by atoms with E-state index in [2.05, 4.69) is 5.32 Å². The van der Waals surface area contributed by atoms with Crippen LogP contribution < -0.4 is 15.7 Å². The number of para-hydroxylation sites is 3. The van der Waals surface area contributed by atoms with Gasteiger partial charge in [-0.2, -0.15) is 0 Å². The fraction of sp³-hybridized carbons (Fsp3) is 0.0435. The summed E-state index contributed by atoms with van der Waals surface area (Å²) >= 11 is 0. The lowest BCUT2D eigenvalue weighted by atomic mass is 10.1.